The quantitative estimate of drug-likeness (QED) is 0.433. The van der Waals surface area contributed by atoms with Gasteiger partial charge in [-0.25, -0.2) is 5.84 Å². The van der Waals surface area contributed by atoms with E-state index in [1.54, 1.807) is 0 Å². The van der Waals surface area contributed by atoms with Crippen LogP contribution in [0.25, 0.3) is 0 Å². The Morgan fingerprint density at radius 3 is 2.62 bits per heavy atom. The van der Waals surface area contributed by atoms with Gasteiger partial charge in [0.1, 0.15) is 0 Å². The molecule has 88 valence electrons. The van der Waals surface area contributed by atoms with Gasteiger partial charge >= 0.3 is 0 Å². The fourth-order valence-electron chi connectivity index (χ4n) is 1.46. The summed E-state index contributed by atoms with van der Waals surface area (Å²) in [4.78, 5) is 13.3. The van der Waals surface area contributed by atoms with Crippen LogP contribution >= 0.6 is 0 Å². The van der Waals surface area contributed by atoms with Crippen LogP contribution in [0.2, 0.25) is 0 Å². The fraction of sp³-hybridized carbons (Fsp3) is 0.417. The third kappa shape index (κ3) is 3.64. The standard InChI is InChI=1S/C12H19N3O/c1-10(12(16)14-13)15(2)9-8-11-6-4-3-5-7-11/h3-7,10H,8-9,13H2,1-2H3,(H,14,16). The molecular weight excluding hydrogens is 202 g/mol. The Hall–Kier alpha value is -1.39. The van der Waals surface area contributed by atoms with Crippen molar-refractivity contribution < 1.29 is 4.79 Å². The molecule has 0 radical (unpaired) electrons. The lowest BCUT2D eigenvalue weighted by Crippen LogP contribution is -2.46. The van der Waals surface area contributed by atoms with Gasteiger partial charge in [0.05, 0.1) is 6.04 Å². The van der Waals surface area contributed by atoms with E-state index in [0.717, 1.165) is 13.0 Å². The summed E-state index contributed by atoms with van der Waals surface area (Å²) < 4.78 is 0. The molecule has 1 rings (SSSR count). The van der Waals surface area contributed by atoms with Crippen LogP contribution in [0.4, 0.5) is 0 Å². The van der Waals surface area contributed by atoms with E-state index in [0.29, 0.717) is 0 Å². The Bertz CT molecular complexity index is 326. The highest BCUT2D eigenvalue weighted by atomic mass is 16.2. The number of carbonyl (C=O) groups is 1. The second kappa shape index (κ2) is 6.25. The molecular formula is C12H19N3O. The maximum Gasteiger partial charge on any atom is 0.250 e. The van der Waals surface area contributed by atoms with Gasteiger partial charge in [-0.05, 0) is 26.0 Å². The zero-order valence-electron chi connectivity index (χ0n) is 9.81. The lowest BCUT2D eigenvalue weighted by atomic mass is 10.1. The average Bonchev–Trinajstić information content (AvgIpc) is 2.35. The van der Waals surface area contributed by atoms with Crippen LogP contribution in [-0.4, -0.2) is 30.4 Å². The molecule has 0 saturated heterocycles. The highest BCUT2D eigenvalue weighted by Crippen LogP contribution is 2.02. The first-order valence-corrected chi connectivity index (χ1v) is 5.39. The van der Waals surface area contributed by atoms with Crippen LogP contribution in [0.3, 0.4) is 0 Å². The monoisotopic (exact) mass is 221 g/mol. The molecule has 1 atom stereocenters. The van der Waals surface area contributed by atoms with Gasteiger partial charge in [0, 0.05) is 6.54 Å². The third-order valence-corrected chi connectivity index (χ3v) is 2.78. The summed E-state index contributed by atoms with van der Waals surface area (Å²) >= 11 is 0. The molecule has 16 heavy (non-hydrogen) atoms. The van der Waals surface area contributed by atoms with E-state index in [-0.39, 0.29) is 11.9 Å². The molecule has 0 heterocycles. The molecule has 4 nitrogen and oxygen atoms in total. The number of amides is 1. The SMILES string of the molecule is CC(C(=O)NN)N(C)CCc1ccccc1. The average molecular weight is 221 g/mol. The highest BCUT2D eigenvalue weighted by molar-refractivity contribution is 5.80. The molecule has 1 amide bonds. The van der Waals surface area contributed by atoms with E-state index in [4.69, 9.17) is 5.84 Å². The van der Waals surface area contributed by atoms with Crippen LogP contribution in [-0.2, 0) is 11.2 Å². The van der Waals surface area contributed by atoms with Crippen LogP contribution in [0.5, 0.6) is 0 Å². The van der Waals surface area contributed by atoms with Crippen LogP contribution in [0.15, 0.2) is 30.3 Å². The first kappa shape index (κ1) is 12.7. The summed E-state index contributed by atoms with van der Waals surface area (Å²) in [5, 5.41) is 0. The van der Waals surface area contributed by atoms with Gasteiger partial charge in [-0.1, -0.05) is 30.3 Å². The number of hydrazine groups is 1. The minimum Gasteiger partial charge on any atom is -0.295 e. The van der Waals surface area contributed by atoms with Gasteiger partial charge in [-0.3, -0.25) is 15.1 Å². The van der Waals surface area contributed by atoms with Crippen molar-refractivity contribution in [1.29, 1.82) is 0 Å². The molecule has 1 unspecified atom stereocenters. The van der Waals surface area contributed by atoms with E-state index in [1.165, 1.54) is 5.56 Å². The normalized spacial score (nSPS) is 12.5. The van der Waals surface area contributed by atoms with E-state index in [9.17, 15) is 4.79 Å². The number of nitrogens with zero attached hydrogens (tertiary/aromatic N) is 1. The molecule has 1 aromatic carbocycles. The molecule has 3 N–H and O–H groups in total. The number of hydrogen-bond donors (Lipinski definition) is 2. The molecule has 0 bridgehead atoms. The van der Waals surface area contributed by atoms with E-state index in [2.05, 4.69) is 17.6 Å². The molecule has 0 aliphatic rings. The Balaban J connectivity index is 2.41. The lowest BCUT2D eigenvalue weighted by Gasteiger charge is -2.22. The fourth-order valence-corrected chi connectivity index (χ4v) is 1.46. The predicted molar refractivity (Wildman–Crippen MR) is 64.6 cm³/mol. The van der Waals surface area contributed by atoms with Gasteiger partial charge in [0.25, 0.3) is 5.91 Å². The van der Waals surface area contributed by atoms with E-state index >= 15 is 0 Å². The Morgan fingerprint density at radius 1 is 1.44 bits per heavy atom. The van der Waals surface area contributed by atoms with Crippen LogP contribution < -0.4 is 11.3 Å². The van der Waals surface area contributed by atoms with Gasteiger partial charge < -0.3 is 0 Å². The first-order chi connectivity index (χ1) is 7.65. The van der Waals surface area contributed by atoms with Crippen molar-refractivity contribution in [2.24, 2.45) is 5.84 Å². The highest BCUT2D eigenvalue weighted by Gasteiger charge is 2.16. The first-order valence-electron chi connectivity index (χ1n) is 5.39. The molecule has 0 aliphatic heterocycles. The minimum absolute atomic E-state index is 0.157. The zero-order chi connectivity index (χ0) is 12.0. The summed E-state index contributed by atoms with van der Waals surface area (Å²) in [5.74, 6) is 4.93. The number of benzene rings is 1. The van der Waals surface area contributed by atoms with Crippen molar-refractivity contribution in [3.63, 3.8) is 0 Å². The Kier molecular flexibility index (Phi) is 4.95. The topological polar surface area (TPSA) is 58.4 Å². The smallest absolute Gasteiger partial charge is 0.250 e. The van der Waals surface area contributed by atoms with Crippen LogP contribution in [0, 0.1) is 0 Å². The number of nitrogens with one attached hydrogen (secondary N) is 1. The second-order valence-corrected chi connectivity index (χ2v) is 3.90. The van der Waals surface area contributed by atoms with Gasteiger partial charge in [0.15, 0.2) is 0 Å². The maximum atomic E-state index is 11.3. The Labute approximate surface area is 96.4 Å². The zero-order valence-corrected chi connectivity index (χ0v) is 9.81. The molecule has 0 saturated carbocycles. The Morgan fingerprint density at radius 2 is 2.06 bits per heavy atom. The van der Waals surface area contributed by atoms with Crippen molar-refractivity contribution >= 4 is 5.91 Å². The second-order valence-electron chi connectivity index (χ2n) is 3.90. The summed E-state index contributed by atoms with van der Waals surface area (Å²) in [7, 11) is 1.92. The number of nitrogens with two attached hydrogens (primary N) is 1. The molecule has 0 spiro atoms. The molecule has 0 aromatic heterocycles. The molecule has 4 heteroatoms. The largest absolute Gasteiger partial charge is 0.295 e. The lowest BCUT2D eigenvalue weighted by molar-refractivity contribution is -0.125. The minimum atomic E-state index is -0.200. The summed E-state index contributed by atoms with van der Waals surface area (Å²) in [6, 6.07) is 10.0. The van der Waals surface area contributed by atoms with Gasteiger partial charge in [-0.2, -0.15) is 0 Å². The predicted octanol–water partition coefficient (Wildman–Crippen LogP) is 0.539. The molecule has 0 aliphatic carbocycles. The number of hydrogen-bond acceptors (Lipinski definition) is 3. The van der Waals surface area contributed by atoms with E-state index < -0.39 is 0 Å². The van der Waals surface area contributed by atoms with Gasteiger partial charge in [-0.15, -0.1) is 0 Å². The summed E-state index contributed by atoms with van der Waals surface area (Å²) in [6.07, 6.45) is 0.930. The molecule has 1 aromatic rings. The summed E-state index contributed by atoms with van der Waals surface area (Å²) in [6.45, 7) is 2.67. The number of carbonyl (C=O) groups excluding carboxylic acids is 1. The van der Waals surface area contributed by atoms with Crippen molar-refractivity contribution in [3.05, 3.63) is 35.9 Å². The number of rotatable bonds is 5. The molecule has 0 fully saturated rings. The maximum absolute atomic E-state index is 11.3. The van der Waals surface area contributed by atoms with Crippen molar-refractivity contribution in [2.75, 3.05) is 13.6 Å². The summed E-state index contributed by atoms with van der Waals surface area (Å²) in [5.41, 5.74) is 3.44. The van der Waals surface area contributed by atoms with E-state index in [1.807, 2.05) is 37.1 Å². The third-order valence-electron chi connectivity index (χ3n) is 2.78. The van der Waals surface area contributed by atoms with Gasteiger partial charge in [0.2, 0.25) is 0 Å². The van der Waals surface area contributed by atoms with Crippen molar-refractivity contribution in [1.82, 2.24) is 10.3 Å². The van der Waals surface area contributed by atoms with Crippen LogP contribution in [0.1, 0.15) is 12.5 Å². The van der Waals surface area contributed by atoms with Crippen molar-refractivity contribution in [2.45, 2.75) is 19.4 Å². The van der Waals surface area contributed by atoms with Crippen molar-refractivity contribution in [3.8, 4) is 0 Å². The number of likely N-dealkylation sites (N-methyl/N-ethyl adjacent to an activating group) is 1.